The van der Waals surface area contributed by atoms with Crippen molar-refractivity contribution >= 4 is 21.8 Å². The zero-order chi connectivity index (χ0) is 11.4. The van der Waals surface area contributed by atoms with Gasteiger partial charge in [0.25, 0.3) is 0 Å². The minimum Gasteiger partial charge on any atom is -0.329 e. The number of hydrogen-bond acceptors (Lipinski definition) is 4. The third-order valence-electron chi connectivity index (χ3n) is 2.27. The molecule has 4 nitrogen and oxygen atoms in total. The van der Waals surface area contributed by atoms with E-state index in [9.17, 15) is 8.42 Å². The fourth-order valence-electron chi connectivity index (χ4n) is 1.00. The van der Waals surface area contributed by atoms with E-state index in [-0.39, 0.29) is 12.6 Å². The van der Waals surface area contributed by atoms with Crippen LogP contribution in [0.15, 0.2) is 0 Å². The highest BCUT2D eigenvalue weighted by molar-refractivity contribution is 7.98. The second-order valence-electron chi connectivity index (χ2n) is 3.41. The van der Waals surface area contributed by atoms with Crippen molar-refractivity contribution in [3.05, 3.63) is 0 Å². The first-order valence-electron chi connectivity index (χ1n) is 4.53. The predicted octanol–water partition coefficient (Wildman–Crippen LogP) is 0.347. The maximum absolute atomic E-state index is 11.8. The Balaban J connectivity index is 4.58. The summed E-state index contributed by atoms with van der Waals surface area (Å²) < 4.78 is 25.0. The number of sulfonamides is 1. The Kier molecular flexibility index (Phi) is 6.04. The van der Waals surface area contributed by atoms with Crippen LogP contribution < -0.4 is 5.73 Å². The molecule has 0 radical (unpaired) electrons. The number of nitrogens with zero attached hydrogens (tertiary/aromatic N) is 1. The van der Waals surface area contributed by atoms with E-state index in [1.165, 1.54) is 4.31 Å². The molecule has 0 spiro atoms. The molecule has 0 bridgehead atoms. The molecule has 0 aromatic carbocycles. The van der Waals surface area contributed by atoms with Crippen LogP contribution in [0.4, 0.5) is 0 Å². The predicted molar refractivity (Wildman–Crippen MR) is 63.0 cm³/mol. The van der Waals surface area contributed by atoms with Gasteiger partial charge in [-0.25, -0.2) is 12.7 Å². The van der Waals surface area contributed by atoms with Crippen LogP contribution in [-0.2, 0) is 10.0 Å². The maximum Gasteiger partial charge on any atom is 0.217 e. The summed E-state index contributed by atoms with van der Waals surface area (Å²) in [5.74, 6) is 0.799. The number of rotatable bonds is 6. The molecule has 6 heteroatoms. The molecule has 0 rings (SSSR count). The van der Waals surface area contributed by atoms with E-state index in [0.717, 1.165) is 5.75 Å². The van der Waals surface area contributed by atoms with Gasteiger partial charge >= 0.3 is 0 Å². The first-order valence-corrected chi connectivity index (χ1v) is 7.43. The maximum atomic E-state index is 11.8. The summed E-state index contributed by atoms with van der Waals surface area (Å²) in [6.07, 6.45) is 1.96. The number of hydrogen-bond donors (Lipinski definition) is 1. The quantitative estimate of drug-likeness (QED) is 0.727. The summed E-state index contributed by atoms with van der Waals surface area (Å²) in [7, 11) is -1.60. The van der Waals surface area contributed by atoms with Gasteiger partial charge in [-0.15, -0.1) is 0 Å². The Hall–Kier alpha value is 0.220. The highest BCUT2D eigenvalue weighted by atomic mass is 32.2. The Morgan fingerprint density at radius 1 is 1.43 bits per heavy atom. The van der Waals surface area contributed by atoms with E-state index in [4.69, 9.17) is 5.73 Å². The van der Waals surface area contributed by atoms with Crippen molar-refractivity contribution in [1.82, 2.24) is 4.31 Å². The average molecular weight is 240 g/mol. The van der Waals surface area contributed by atoms with Crippen molar-refractivity contribution in [3.63, 3.8) is 0 Å². The van der Waals surface area contributed by atoms with Crippen LogP contribution >= 0.6 is 11.8 Å². The van der Waals surface area contributed by atoms with Crippen LogP contribution in [0.1, 0.15) is 13.8 Å². The lowest BCUT2D eigenvalue weighted by Gasteiger charge is -2.26. The molecule has 0 amide bonds. The Morgan fingerprint density at radius 3 is 2.29 bits per heavy atom. The van der Waals surface area contributed by atoms with Crippen molar-refractivity contribution in [1.29, 1.82) is 0 Å². The van der Waals surface area contributed by atoms with Crippen LogP contribution in [0.2, 0.25) is 0 Å². The largest absolute Gasteiger partial charge is 0.329 e. The van der Waals surface area contributed by atoms with E-state index >= 15 is 0 Å². The Bertz CT molecular complexity index is 254. The van der Waals surface area contributed by atoms with Gasteiger partial charge in [-0.3, -0.25) is 0 Å². The topological polar surface area (TPSA) is 63.4 Å². The van der Waals surface area contributed by atoms with Crippen LogP contribution in [-0.4, -0.2) is 49.6 Å². The van der Waals surface area contributed by atoms with Gasteiger partial charge in [-0.1, -0.05) is 0 Å². The summed E-state index contributed by atoms with van der Waals surface area (Å²) in [6, 6.07) is 0.0176. The van der Waals surface area contributed by atoms with E-state index in [0.29, 0.717) is 0 Å². The van der Waals surface area contributed by atoms with Gasteiger partial charge in [0.05, 0.1) is 5.25 Å². The lowest BCUT2D eigenvalue weighted by atomic mass is 10.4. The fraction of sp³-hybridized carbons (Fsp3) is 1.00. The third-order valence-corrected chi connectivity index (χ3v) is 5.46. The van der Waals surface area contributed by atoms with Crippen LogP contribution in [0.3, 0.4) is 0 Å². The molecule has 0 saturated carbocycles. The molecule has 0 aliphatic rings. The molecular formula is C8H20N2O2S2. The molecule has 0 saturated heterocycles. The van der Waals surface area contributed by atoms with E-state index in [1.807, 2.05) is 13.2 Å². The summed E-state index contributed by atoms with van der Waals surface area (Å²) >= 11 is 1.64. The lowest BCUT2D eigenvalue weighted by Crippen LogP contribution is -2.43. The molecule has 14 heavy (non-hydrogen) atoms. The Labute approximate surface area is 91.3 Å². The lowest BCUT2D eigenvalue weighted by molar-refractivity contribution is 0.409. The molecule has 0 aromatic heterocycles. The molecule has 0 heterocycles. The van der Waals surface area contributed by atoms with Gasteiger partial charge in [0.1, 0.15) is 0 Å². The first kappa shape index (κ1) is 14.2. The van der Waals surface area contributed by atoms with E-state index in [2.05, 4.69) is 0 Å². The summed E-state index contributed by atoms with van der Waals surface area (Å²) in [5.41, 5.74) is 5.36. The molecule has 0 aliphatic heterocycles. The summed E-state index contributed by atoms with van der Waals surface area (Å²) in [4.78, 5) is 0. The minimum absolute atomic E-state index is 0.0176. The van der Waals surface area contributed by atoms with Crippen molar-refractivity contribution in [3.8, 4) is 0 Å². The molecule has 0 fully saturated rings. The molecular weight excluding hydrogens is 220 g/mol. The van der Waals surface area contributed by atoms with Gasteiger partial charge < -0.3 is 5.73 Å². The zero-order valence-electron chi connectivity index (χ0n) is 9.23. The zero-order valence-corrected chi connectivity index (χ0v) is 10.9. The van der Waals surface area contributed by atoms with Crippen LogP contribution in [0.25, 0.3) is 0 Å². The normalized spacial score (nSPS) is 17.0. The highest BCUT2D eigenvalue weighted by Crippen LogP contribution is 2.12. The SMILES string of the molecule is CSCC(C)N(C)S(=O)(=O)C(C)CN. The van der Waals surface area contributed by atoms with Gasteiger partial charge in [-0.05, 0) is 20.1 Å². The monoisotopic (exact) mass is 240 g/mol. The van der Waals surface area contributed by atoms with Crippen LogP contribution in [0, 0.1) is 0 Å². The molecule has 2 atom stereocenters. The second kappa shape index (κ2) is 5.95. The number of nitrogens with two attached hydrogens (primary N) is 1. The van der Waals surface area contributed by atoms with Crippen molar-refractivity contribution in [2.24, 2.45) is 5.73 Å². The van der Waals surface area contributed by atoms with Crippen molar-refractivity contribution in [2.45, 2.75) is 25.1 Å². The second-order valence-corrected chi connectivity index (χ2v) is 6.73. The van der Waals surface area contributed by atoms with Gasteiger partial charge in [-0.2, -0.15) is 11.8 Å². The standard InChI is InChI=1S/C8H20N2O2S2/c1-7(6-13-4)10(3)14(11,12)8(2)5-9/h7-8H,5-6,9H2,1-4H3. The molecule has 0 aliphatic carbocycles. The van der Waals surface area contributed by atoms with Crippen LogP contribution in [0.5, 0.6) is 0 Å². The highest BCUT2D eigenvalue weighted by Gasteiger charge is 2.27. The third kappa shape index (κ3) is 3.42. The Morgan fingerprint density at radius 2 is 1.93 bits per heavy atom. The van der Waals surface area contributed by atoms with Gasteiger partial charge in [0.2, 0.25) is 10.0 Å². The molecule has 86 valence electrons. The minimum atomic E-state index is -3.22. The van der Waals surface area contributed by atoms with E-state index in [1.54, 1.807) is 25.7 Å². The fourth-order valence-corrected chi connectivity index (χ4v) is 3.19. The molecule has 2 N–H and O–H groups in total. The molecule has 0 aromatic rings. The van der Waals surface area contributed by atoms with Gasteiger partial charge in [0.15, 0.2) is 0 Å². The number of thioether (sulfide) groups is 1. The summed E-state index contributed by atoms with van der Waals surface area (Å²) in [6.45, 7) is 3.70. The van der Waals surface area contributed by atoms with E-state index < -0.39 is 15.3 Å². The van der Waals surface area contributed by atoms with Crippen molar-refractivity contribution < 1.29 is 8.42 Å². The average Bonchev–Trinajstić information content (AvgIpc) is 2.15. The first-order chi connectivity index (χ1) is 6.37. The summed E-state index contributed by atoms with van der Waals surface area (Å²) in [5, 5.41) is -0.503. The smallest absolute Gasteiger partial charge is 0.217 e. The van der Waals surface area contributed by atoms with Gasteiger partial charge in [0, 0.05) is 25.4 Å². The molecule has 2 unspecified atom stereocenters. The van der Waals surface area contributed by atoms with Crippen molar-refractivity contribution in [2.75, 3.05) is 25.6 Å².